The SMILES string of the molecule is CCCc1nn(C)c(Nc2ccc(OC)c(Cl)c2)c1N. The third kappa shape index (κ3) is 2.82. The second-order valence-corrected chi connectivity index (χ2v) is 4.96. The zero-order valence-electron chi connectivity index (χ0n) is 11.9. The minimum absolute atomic E-state index is 0.548. The number of anilines is 3. The van der Waals surface area contributed by atoms with Crippen molar-refractivity contribution >= 4 is 28.8 Å². The van der Waals surface area contributed by atoms with Crippen LogP contribution in [0.4, 0.5) is 17.2 Å². The van der Waals surface area contributed by atoms with Gasteiger partial charge in [0.05, 0.1) is 23.5 Å². The topological polar surface area (TPSA) is 65.1 Å². The Labute approximate surface area is 123 Å². The molecule has 0 atom stereocenters. The molecule has 0 amide bonds. The fourth-order valence-electron chi connectivity index (χ4n) is 2.05. The van der Waals surface area contributed by atoms with Crippen LogP contribution >= 0.6 is 11.6 Å². The molecule has 0 radical (unpaired) electrons. The van der Waals surface area contributed by atoms with E-state index in [1.165, 1.54) is 0 Å². The highest BCUT2D eigenvalue weighted by Crippen LogP contribution is 2.31. The lowest BCUT2D eigenvalue weighted by Gasteiger charge is -2.10. The van der Waals surface area contributed by atoms with Crippen molar-refractivity contribution in [2.75, 3.05) is 18.2 Å². The lowest BCUT2D eigenvalue weighted by molar-refractivity contribution is 0.415. The number of methoxy groups -OCH3 is 1. The molecule has 0 unspecified atom stereocenters. The molecule has 0 aliphatic rings. The minimum Gasteiger partial charge on any atom is -0.495 e. The van der Waals surface area contributed by atoms with E-state index in [2.05, 4.69) is 17.3 Å². The van der Waals surface area contributed by atoms with Gasteiger partial charge in [0.1, 0.15) is 5.75 Å². The molecule has 0 aliphatic heterocycles. The summed E-state index contributed by atoms with van der Waals surface area (Å²) < 4.78 is 6.88. The van der Waals surface area contributed by atoms with Crippen LogP contribution in [-0.4, -0.2) is 16.9 Å². The number of nitrogen functional groups attached to an aromatic ring is 1. The van der Waals surface area contributed by atoms with Crippen LogP contribution in [0.3, 0.4) is 0 Å². The molecule has 6 heteroatoms. The van der Waals surface area contributed by atoms with Gasteiger partial charge in [0.25, 0.3) is 0 Å². The van der Waals surface area contributed by atoms with Gasteiger partial charge in [-0.05, 0) is 24.6 Å². The van der Waals surface area contributed by atoms with Gasteiger partial charge in [0.2, 0.25) is 0 Å². The van der Waals surface area contributed by atoms with Crippen LogP contribution in [0.2, 0.25) is 5.02 Å². The molecule has 0 spiro atoms. The van der Waals surface area contributed by atoms with E-state index in [9.17, 15) is 0 Å². The smallest absolute Gasteiger partial charge is 0.152 e. The third-order valence-corrected chi connectivity index (χ3v) is 3.36. The molecule has 1 heterocycles. The third-order valence-electron chi connectivity index (χ3n) is 3.06. The summed E-state index contributed by atoms with van der Waals surface area (Å²) in [7, 11) is 3.45. The monoisotopic (exact) mass is 294 g/mol. The van der Waals surface area contributed by atoms with Gasteiger partial charge in [-0.2, -0.15) is 5.10 Å². The predicted octanol–water partition coefficient (Wildman–Crippen LogP) is 3.36. The molecule has 0 bridgehead atoms. The Hall–Kier alpha value is -1.88. The van der Waals surface area contributed by atoms with Crippen molar-refractivity contribution in [3.63, 3.8) is 0 Å². The molecule has 108 valence electrons. The summed E-state index contributed by atoms with van der Waals surface area (Å²) in [6, 6.07) is 5.49. The lowest BCUT2D eigenvalue weighted by atomic mass is 10.2. The maximum absolute atomic E-state index is 6.13. The maximum Gasteiger partial charge on any atom is 0.152 e. The second-order valence-electron chi connectivity index (χ2n) is 4.56. The highest BCUT2D eigenvalue weighted by Gasteiger charge is 2.13. The number of rotatable bonds is 5. The summed E-state index contributed by atoms with van der Waals surface area (Å²) in [5.74, 6) is 1.41. The van der Waals surface area contributed by atoms with E-state index in [1.54, 1.807) is 17.9 Å². The summed E-state index contributed by atoms with van der Waals surface area (Å²) >= 11 is 6.11. The number of nitrogens with zero attached hydrogens (tertiary/aromatic N) is 2. The molecule has 0 aliphatic carbocycles. The van der Waals surface area contributed by atoms with Crippen molar-refractivity contribution in [1.82, 2.24) is 9.78 Å². The number of hydrogen-bond acceptors (Lipinski definition) is 4. The number of halogens is 1. The predicted molar refractivity (Wildman–Crippen MR) is 82.9 cm³/mol. The van der Waals surface area contributed by atoms with Crippen LogP contribution in [0.5, 0.6) is 5.75 Å². The first-order valence-electron chi connectivity index (χ1n) is 6.48. The normalized spacial score (nSPS) is 10.6. The average Bonchev–Trinajstić information content (AvgIpc) is 2.67. The summed E-state index contributed by atoms with van der Waals surface area (Å²) in [5.41, 5.74) is 8.57. The molecule has 5 nitrogen and oxygen atoms in total. The number of benzene rings is 1. The Morgan fingerprint density at radius 3 is 2.80 bits per heavy atom. The fraction of sp³-hybridized carbons (Fsp3) is 0.357. The Morgan fingerprint density at radius 2 is 2.20 bits per heavy atom. The number of hydrogen-bond donors (Lipinski definition) is 2. The number of nitrogens with one attached hydrogen (secondary N) is 1. The summed E-state index contributed by atoms with van der Waals surface area (Å²) in [4.78, 5) is 0. The highest BCUT2D eigenvalue weighted by molar-refractivity contribution is 6.32. The van der Waals surface area contributed by atoms with Crippen molar-refractivity contribution in [3.8, 4) is 5.75 Å². The first-order chi connectivity index (χ1) is 9.56. The maximum atomic E-state index is 6.13. The van der Waals surface area contributed by atoms with Crippen LogP contribution in [0.1, 0.15) is 19.0 Å². The van der Waals surface area contributed by atoms with Crippen LogP contribution in [-0.2, 0) is 13.5 Å². The van der Waals surface area contributed by atoms with Crippen molar-refractivity contribution in [1.29, 1.82) is 0 Å². The van der Waals surface area contributed by atoms with Gasteiger partial charge in [-0.1, -0.05) is 24.9 Å². The first-order valence-corrected chi connectivity index (χ1v) is 6.86. The van der Waals surface area contributed by atoms with Gasteiger partial charge in [-0.25, -0.2) is 0 Å². The van der Waals surface area contributed by atoms with Crippen molar-refractivity contribution in [3.05, 3.63) is 28.9 Å². The molecular weight excluding hydrogens is 276 g/mol. The van der Waals surface area contributed by atoms with Crippen molar-refractivity contribution in [2.45, 2.75) is 19.8 Å². The van der Waals surface area contributed by atoms with Crippen molar-refractivity contribution in [2.24, 2.45) is 7.05 Å². The molecule has 2 rings (SSSR count). The fourth-order valence-corrected chi connectivity index (χ4v) is 2.30. The number of aryl methyl sites for hydroxylation is 2. The average molecular weight is 295 g/mol. The molecule has 20 heavy (non-hydrogen) atoms. The second kappa shape index (κ2) is 6.05. The Kier molecular flexibility index (Phi) is 4.39. The Balaban J connectivity index is 2.28. The Bertz CT molecular complexity index is 609. The largest absolute Gasteiger partial charge is 0.495 e. The van der Waals surface area contributed by atoms with Crippen LogP contribution in [0.15, 0.2) is 18.2 Å². The highest BCUT2D eigenvalue weighted by atomic mass is 35.5. The summed E-state index contributed by atoms with van der Waals surface area (Å²) in [6.45, 7) is 2.10. The molecule has 0 saturated carbocycles. The van der Waals surface area contributed by atoms with E-state index in [-0.39, 0.29) is 0 Å². The molecule has 3 N–H and O–H groups in total. The van der Waals surface area contributed by atoms with Gasteiger partial charge in [0, 0.05) is 12.7 Å². The van der Waals surface area contributed by atoms with Gasteiger partial charge < -0.3 is 15.8 Å². The quantitative estimate of drug-likeness (QED) is 0.887. The van der Waals surface area contributed by atoms with Gasteiger partial charge >= 0.3 is 0 Å². The van der Waals surface area contributed by atoms with E-state index < -0.39 is 0 Å². The zero-order valence-corrected chi connectivity index (χ0v) is 12.7. The van der Waals surface area contributed by atoms with Crippen LogP contribution in [0.25, 0.3) is 0 Å². The van der Waals surface area contributed by atoms with Crippen molar-refractivity contribution < 1.29 is 4.74 Å². The van der Waals surface area contributed by atoms with E-state index in [4.69, 9.17) is 22.1 Å². The first kappa shape index (κ1) is 14.5. The van der Waals surface area contributed by atoms with E-state index in [1.807, 2.05) is 19.2 Å². The lowest BCUT2D eigenvalue weighted by Crippen LogP contribution is -2.01. The molecule has 0 fully saturated rings. The van der Waals surface area contributed by atoms with Gasteiger partial charge in [-0.15, -0.1) is 0 Å². The number of nitrogens with two attached hydrogens (primary N) is 1. The van der Waals surface area contributed by atoms with Crippen LogP contribution in [0, 0.1) is 0 Å². The molecule has 1 aromatic carbocycles. The summed E-state index contributed by atoms with van der Waals surface area (Å²) in [6.07, 6.45) is 1.87. The van der Waals surface area contributed by atoms with E-state index >= 15 is 0 Å². The zero-order chi connectivity index (χ0) is 14.7. The molecule has 2 aromatic rings. The number of aromatic nitrogens is 2. The van der Waals surface area contributed by atoms with E-state index in [0.717, 1.165) is 30.0 Å². The Morgan fingerprint density at radius 1 is 1.45 bits per heavy atom. The van der Waals surface area contributed by atoms with Crippen LogP contribution < -0.4 is 15.8 Å². The standard InChI is InChI=1S/C14H19ClN4O/c1-4-5-11-13(16)14(19(2)18-11)17-9-6-7-12(20-3)10(15)8-9/h6-8,17H,4-5,16H2,1-3H3. The molecular formula is C14H19ClN4O. The summed E-state index contributed by atoms with van der Waals surface area (Å²) in [5, 5.41) is 8.22. The van der Waals surface area contributed by atoms with Gasteiger partial charge in [-0.3, -0.25) is 4.68 Å². The molecule has 0 saturated heterocycles. The van der Waals surface area contributed by atoms with E-state index in [0.29, 0.717) is 16.5 Å². The van der Waals surface area contributed by atoms with Gasteiger partial charge in [0.15, 0.2) is 5.82 Å². The molecule has 1 aromatic heterocycles. The minimum atomic E-state index is 0.548. The number of ether oxygens (including phenoxy) is 1.